The molecule has 1 saturated carbocycles. The lowest BCUT2D eigenvalue weighted by atomic mass is 9.80. The fourth-order valence-electron chi connectivity index (χ4n) is 2.89. The minimum absolute atomic E-state index is 0.208. The first-order valence-corrected chi connectivity index (χ1v) is 7.87. The Labute approximate surface area is 130 Å². The van der Waals surface area contributed by atoms with E-state index in [9.17, 15) is 9.90 Å². The Balaban J connectivity index is 1.48. The molecule has 1 aliphatic carbocycles. The first kappa shape index (κ1) is 14.9. The fraction of sp³-hybridized carbons (Fsp3) is 0.389. The molecule has 3 rings (SSSR count). The highest BCUT2D eigenvalue weighted by molar-refractivity contribution is 5.85. The van der Waals surface area contributed by atoms with Crippen LogP contribution in [-0.4, -0.2) is 29.8 Å². The number of hydrogen-bond donors (Lipinski definition) is 3. The third-order valence-corrected chi connectivity index (χ3v) is 4.42. The minimum atomic E-state index is -0.674. The zero-order valence-electron chi connectivity index (χ0n) is 12.6. The van der Waals surface area contributed by atoms with Gasteiger partial charge in [-0.05, 0) is 42.0 Å². The normalized spacial score (nSPS) is 16.0. The molecule has 4 nitrogen and oxygen atoms in total. The van der Waals surface area contributed by atoms with Crippen molar-refractivity contribution in [3.63, 3.8) is 0 Å². The van der Waals surface area contributed by atoms with E-state index in [-0.39, 0.29) is 6.03 Å². The number of amides is 2. The summed E-state index contributed by atoms with van der Waals surface area (Å²) in [7, 11) is 0. The summed E-state index contributed by atoms with van der Waals surface area (Å²) in [5.41, 5.74) is 0.559. The van der Waals surface area contributed by atoms with Gasteiger partial charge < -0.3 is 15.7 Å². The third-order valence-electron chi connectivity index (χ3n) is 4.42. The molecule has 0 radical (unpaired) electrons. The molecule has 0 heterocycles. The average Bonchev–Trinajstić information content (AvgIpc) is 2.51. The molecule has 1 aliphatic rings. The van der Waals surface area contributed by atoms with Gasteiger partial charge in [0, 0.05) is 13.1 Å². The molecule has 0 aliphatic heterocycles. The standard InChI is InChI=1S/C18H22N2O2/c21-17(20-13-18(22)10-4-11-18)19-12-9-15-7-3-6-14-5-1-2-8-16(14)15/h1-3,5-8,22H,4,9-13H2,(H2,19,20,21). The highest BCUT2D eigenvalue weighted by atomic mass is 16.3. The zero-order chi connectivity index (χ0) is 15.4. The summed E-state index contributed by atoms with van der Waals surface area (Å²) in [4.78, 5) is 11.8. The number of hydrogen-bond acceptors (Lipinski definition) is 2. The van der Waals surface area contributed by atoms with Crippen molar-refractivity contribution in [3.05, 3.63) is 48.0 Å². The van der Waals surface area contributed by atoms with Crippen LogP contribution < -0.4 is 10.6 Å². The van der Waals surface area contributed by atoms with Gasteiger partial charge in [-0.2, -0.15) is 0 Å². The van der Waals surface area contributed by atoms with Crippen molar-refractivity contribution >= 4 is 16.8 Å². The molecule has 0 atom stereocenters. The predicted molar refractivity (Wildman–Crippen MR) is 87.9 cm³/mol. The quantitative estimate of drug-likeness (QED) is 0.794. The minimum Gasteiger partial charge on any atom is -0.388 e. The van der Waals surface area contributed by atoms with Gasteiger partial charge in [-0.15, -0.1) is 0 Å². The topological polar surface area (TPSA) is 61.4 Å². The molecule has 4 heteroatoms. The molecule has 1 fully saturated rings. The average molecular weight is 298 g/mol. The Morgan fingerprint density at radius 2 is 1.86 bits per heavy atom. The van der Waals surface area contributed by atoms with Gasteiger partial charge in [0.2, 0.25) is 0 Å². The van der Waals surface area contributed by atoms with Crippen molar-refractivity contribution in [2.24, 2.45) is 0 Å². The van der Waals surface area contributed by atoms with Crippen molar-refractivity contribution in [3.8, 4) is 0 Å². The van der Waals surface area contributed by atoms with Crippen LogP contribution in [0.5, 0.6) is 0 Å². The summed E-state index contributed by atoms with van der Waals surface area (Å²) in [6.07, 6.45) is 3.40. The monoisotopic (exact) mass is 298 g/mol. The number of nitrogens with one attached hydrogen (secondary N) is 2. The molecule has 0 unspecified atom stereocenters. The Morgan fingerprint density at radius 3 is 2.64 bits per heavy atom. The summed E-state index contributed by atoms with van der Waals surface area (Å²) in [5, 5.41) is 18.0. The van der Waals surface area contributed by atoms with E-state index in [0.717, 1.165) is 25.7 Å². The number of carbonyl (C=O) groups excluding carboxylic acids is 1. The molecule has 22 heavy (non-hydrogen) atoms. The van der Waals surface area contributed by atoms with Crippen LogP contribution in [0.3, 0.4) is 0 Å². The molecule has 3 N–H and O–H groups in total. The van der Waals surface area contributed by atoms with Gasteiger partial charge in [-0.1, -0.05) is 42.5 Å². The lowest BCUT2D eigenvalue weighted by Gasteiger charge is -2.36. The van der Waals surface area contributed by atoms with E-state index in [1.54, 1.807) is 0 Å². The summed E-state index contributed by atoms with van der Waals surface area (Å²) in [5.74, 6) is 0. The van der Waals surface area contributed by atoms with Crippen LogP contribution in [0.1, 0.15) is 24.8 Å². The first-order valence-electron chi connectivity index (χ1n) is 7.87. The van der Waals surface area contributed by atoms with Crippen LogP contribution in [0, 0.1) is 0 Å². The lowest BCUT2D eigenvalue weighted by molar-refractivity contribution is -0.0290. The van der Waals surface area contributed by atoms with Crippen molar-refractivity contribution < 1.29 is 9.90 Å². The number of urea groups is 1. The second kappa shape index (κ2) is 6.36. The highest BCUT2D eigenvalue weighted by Crippen LogP contribution is 2.30. The van der Waals surface area contributed by atoms with Crippen LogP contribution in [0.2, 0.25) is 0 Å². The van der Waals surface area contributed by atoms with E-state index in [4.69, 9.17) is 0 Å². The summed E-state index contributed by atoms with van der Waals surface area (Å²) >= 11 is 0. The van der Waals surface area contributed by atoms with Crippen LogP contribution in [-0.2, 0) is 6.42 Å². The molecule has 2 aromatic carbocycles. The second-order valence-electron chi connectivity index (χ2n) is 6.08. The van der Waals surface area contributed by atoms with Gasteiger partial charge in [-0.25, -0.2) is 4.79 Å². The van der Waals surface area contributed by atoms with E-state index < -0.39 is 5.60 Å². The summed E-state index contributed by atoms with van der Waals surface area (Å²) < 4.78 is 0. The third kappa shape index (κ3) is 3.39. The number of carbonyl (C=O) groups is 1. The van der Waals surface area contributed by atoms with Gasteiger partial charge in [0.15, 0.2) is 0 Å². The molecular weight excluding hydrogens is 276 g/mol. The van der Waals surface area contributed by atoms with E-state index in [1.165, 1.54) is 16.3 Å². The van der Waals surface area contributed by atoms with E-state index in [2.05, 4.69) is 34.9 Å². The Morgan fingerprint density at radius 1 is 1.09 bits per heavy atom. The van der Waals surface area contributed by atoms with Gasteiger partial charge >= 0.3 is 6.03 Å². The number of rotatable bonds is 5. The molecule has 2 aromatic rings. The molecule has 0 saturated heterocycles. The van der Waals surface area contributed by atoms with Crippen LogP contribution in [0.25, 0.3) is 10.8 Å². The largest absolute Gasteiger partial charge is 0.388 e. The maximum absolute atomic E-state index is 11.8. The van der Waals surface area contributed by atoms with Gasteiger partial charge in [0.1, 0.15) is 0 Å². The summed E-state index contributed by atoms with van der Waals surface area (Å²) in [6.45, 7) is 0.922. The second-order valence-corrected chi connectivity index (χ2v) is 6.08. The van der Waals surface area contributed by atoms with Gasteiger partial charge in [-0.3, -0.25) is 0 Å². The molecule has 2 amide bonds. The maximum Gasteiger partial charge on any atom is 0.314 e. The lowest BCUT2D eigenvalue weighted by Crippen LogP contribution is -2.50. The van der Waals surface area contributed by atoms with Crippen LogP contribution >= 0.6 is 0 Å². The van der Waals surface area contributed by atoms with E-state index in [1.807, 2.05) is 18.2 Å². The number of benzene rings is 2. The van der Waals surface area contributed by atoms with E-state index in [0.29, 0.717) is 13.1 Å². The number of aliphatic hydroxyl groups is 1. The fourth-order valence-corrected chi connectivity index (χ4v) is 2.89. The molecule has 0 spiro atoms. The Hall–Kier alpha value is -2.07. The molecule has 0 aromatic heterocycles. The molecule has 116 valence electrons. The smallest absolute Gasteiger partial charge is 0.314 e. The van der Waals surface area contributed by atoms with Crippen molar-refractivity contribution in [1.29, 1.82) is 0 Å². The SMILES string of the molecule is O=C(NCCc1cccc2ccccc12)NCC1(O)CCC1. The van der Waals surface area contributed by atoms with Gasteiger partial charge in [0.05, 0.1) is 5.60 Å². The van der Waals surface area contributed by atoms with Crippen molar-refractivity contribution in [2.75, 3.05) is 13.1 Å². The Bertz CT molecular complexity index is 660. The number of fused-ring (bicyclic) bond motifs is 1. The predicted octanol–water partition coefficient (Wildman–Crippen LogP) is 2.60. The van der Waals surface area contributed by atoms with Gasteiger partial charge in [0.25, 0.3) is 0 Å². The molecule has 0 bridgehead atoms. The van der Waals surface area contributed by atoms with E-state index >= 15 is 0 Å². The highest BCUT2D eigenvalue weighted by Gasteiger charge is 2.34. The Kier molecular flexibility index (Phi) is 4.29. The van der Waals surface area contributed by atoms with Crippen molar-refractivity contribution in [2.45, 2.75) is 31.3 Å². The van der Waals surface area contributed by atoms with Crippen LogP contribution in [0.4, 0.5) is 4.79 Å². The zero-order valence-corrected chi connectivity index (χ0v) is 12.6. The summed E-state index contributed by atoms with van der Waals surface area (Å²) in [6, 6.07) is 14.3. The van der Waals surface area contributed by atoms with Crippen LogP contribution in [0.15, 0.2) is 42.5 Å². The van der Waals surface area contributed by atoms with Crippen molar-refractivity contribution in [1.82, 2.24) is 10.6 Å². The molecular formula is C18H22N2O2. The maximum atomic E-state index is 11.8. The first-order chi connectivity index (χ1) is 10.7.